The van der Waals surface area contributed by atoms with Gasteiger partial charge >= 0.3 is 12.1 Å². The van der Waals surface area contributed by atoms with Gasteiger partial charge in [0.05, 0.1) is 18.2 Å². The summed E-state index contributed by atoms with van der Waals surface area (Å²) in [5.74, 6) is 0.629. The third kappa shape index (κ3) is 5.01. The van der Waals surface area contributed by atoms with E-state index in [1.807, 2.05) is 31.2 Å². The van der Waals surface area contributed by atoms with Gasteiger partial charge in [-0.3, -0.25) is 9.78 Å². The highest BCUT2D eigenvalue weighted by atomic mass is 19.1. The number of esters is 1. The van der Waals surface area contributed by atoms with Crippen LogP contribution in [0.3, 0.4) is 0 Å². The minimum Gasteiger partial charge on any atom is -0.462 e. The van der Waals surface area contributed by atoms with Crippen molar-refractivity contribution in [2.24, 2.45) is 29.6 Å². The Hall–Kier alpha value is -3.22. The second kappa shape index (κ2) is 10.4. The van der Waals surface area contributed by atoms with Crippen molar-refractivity contribution in [3.63, 3.8) is 0 Å². The van der Waals surface area contributed by atoms with Crippen molar-refractivity contribution < 1.29 is 23.5 Å². The van der Waals surface area contributed by atoms with Crippen LogP contribution in [0.2, 0.25) is 0 Å². The lowest BCUT2D eigenvalue weighted by atomic mass is 9.57. The van der Waals surface area contributed by atoms with Crippen LogP contribution < -0.4 is 5.32 Å². The molecule has 1 aromatic carbocycles. The maximum Gasteiger partial charge on any atom is 0.407 e. The van der Waals surface area contributed by atoms with E-state index in [2.05, 4.69) is 16.4 Å². The molecule has 2 heterocycles. The van der Waals surface area contributed by atoms with Crippen LogP contribution in [0.25, 0.3) is 17.2 Å². The van der Waals surface area contributed by atoms with Crippen LogP contribution in [0.15, 0.2) is 48.7 Å². The van der Waals surface area contributed by atoms with Gasteiger partial charge in [-0.2, -0.15) is 0 Å². The number of hydrogen-bond donors (Lipinski definition) is 1. The first kappa shape index (κ1) is 24.5. The maximum absolute atomic E-state index is 13.6. The van der Waals surface area contributed by atoms with Gasteiger partial charge in [0.25, 0.3) is 0 Å². The van der Waals surface area contributed by atoms with Crippen molar-refractivity contribution in [1.29, 1.82) is 0 Å². The molecule has 1 aromatic heterocycles. The summed E-state index contributed by atoms with van der Waals surface area (Å²) in [6.45, 7) is 4.15. The van der Waals surface area contributed by atoms with Crippen LogP contribution >= 0.6 is 0 Å². The first-order valence-corrected chi connectivity index (χ1v) is 13.0. The molecule has 190 valence electrons. The molecule has 2 saturated carbocycles. The smallest absolute Gasteiger partial charge is 0.407 e. The zero-order chi connectivity index (χ0) is 25.2. The number of fused-ring (bicyclic) bond motifs is 2. The van der Waals surface area contributed by atoms with Crippen LogP contribution in [0.4, 0.5) is 9.18 Å². The van der Waals surface area contributed by atoms with Gasteiger partial charge in [-0.1, -0.05) is 24.3 Å². The average molecular weight is 493 g/mol. The first-order valence-electron chi connectivity index (χ1n) is 13.0. The SMILES string of the molecule is CCOC(=O)N[C@H]1CC[C@@H]2[C@@H](C1)C[C@@H]1C(=O)O[C@H](C)[C@@H]1[C@H]2C=Cc1ccc(-c2cccc(F)c2)cn1. The molecule has 2 aliphatic carbocycles. The fourth-order valence-electron chi connectivity index (χ4n) is 6.64. The number of rotatable bonds is 5. The Morgan fingerprint density at radius 1 is 1.22 bits per heavy atom. The van der Waals surface area contributed by atoms with Crippen molar-refractivity contribution >= 4 is 18.1 Å². The van der Waals surface area contributed by atoms with E-state index < -0.39 is 0 Å². The Bertz CT molecular complexity index is 1130. The topological polar surface area (TPSA) is 77.5 Å². The Morgan fingerprint density at radius 3 is 2.83 bits per heavy atom. The summed E-state index contributed by atoms with van der Waals surface area (Å²) in [6, 6.07) is 10.4. The third-order valence-electron chi connectivity index (χ3n) is 8.18. The van der Waals surface area contributed by atoms with Gasteiger partial charge in [-0.05, 0) is 87.1 Å². The second-order valence-electron chi connectivity index (χ2n) is 10.3. The Morgan fingerprint density at radius 2 is 2.08 bits per heavy atom. The molecule has 7 heteroatoms. The molecule has 1 aliphatic heterocycles. The van der Waals surface area contributed by atoms with Gasteiger partial charge < -0.3 is 14.8 Å². The summed E-state index contributed by atoms with van der Waals surface area (Å²) in [7, 11) is 0. The monoisotopic (exact) mass is 492 g/mol. The minimum atomic E-state index is -0.368. The van der Waals surface area contributed by atoms with Crippen molar-refractivity contribution in [2.45, 2.75) is 51.7 Å². The molecule has 5 rings (SSSR count). The molecule has 0 spiro atoms. The van der Waals surface area contributed by atoms with E-state index in [0.29, 0.717) is 18.4 Å². The summed E-state index contributed by atoms with van der Waals surface area (Å²) in [6.07, 6.45) is 9.07. The molecular weight excluding hydrogens is 459 g/mol. The van der Waals surface area contributed by atoms with E-state index in [9.17, 15) is 14.0 Å². The van der Waals surface area contributed by atoms with Gasteiger partial charge in [-0.25, -0.2) is 9.18 Å². The van der Waals surface area contributed by atoms with E-state index in [0.717, 1.165) is 42.5 Å². The molecule has 3 aliphatic rings. The van der Waals surface area contributed by atoms with Crippen LogP contribution in [-0.4, -0.2) is 35.8 Å². The summed E-state index contributed by atoms with van der Waals surface area (Å²) >= 11 is 0. The molecule has 0 unspecified atom stereocenters. The number of alkyl carbamates (subject to hydrolysis) is 1. The van der Waals surface area contributed by atoms with Crippen molar-refractivity contribution in [2.75, 3.05) is 6.61 Å². The maximum atomic E-state index is 13.6. The van der Waals surface area contributed by atoms with Gasteiger partial charge in [0.2, 0.25) is 0 Å². The number of cyclic esters (lactones) is 1. The zero-order valence-electron chi connectivity index (χ0n) is 20.7. The molecular formula is C29H33FN2O4. The average Bonchev–Trinajstić information content (AvgIpc) is 3.15. The van der Waals surface area contributed by atoms with E-state index >= 15 is 0 Å². The highest BCUT2D eigenvalue weighted by molar-refractivity contribution is 5.75. The van der Waals surface area contributed by atoms with Crippen LogP contribution in [0.5, 0.6) is 0 Å². The number of hydrogen-bond acceptors (Lipinski definition) is 5. The second-order valence-corrected chi connectivity index (χ2v) is 10.3. The fraction of sp³-hybridized carbons (Fsp3) is 0.483. The number of ether oxygens (including phenoxy) is 2. The standard InChI is InChI=1S/C29H33FN2O4/c1-3-35-29(34)32-23-10-11-24-20(14-23)15-26-27(17(2)36-28(26)33)25(24)12-9-22-8-7-19(16-31-22)18-5-4-6-21(30)13-18/h4-9,12-13,16-17,20,23-27H,3,10-11,14-15H2,1-2H3,(H,32,34)/t17-,20+,23+,24-,25+,26+,27-/m1/s1. The fourth-order valence-corrected chi connectivity index (χ4v) is 6.64. The number of nitrogens with zero attached hydrogens (tertiary/aromatic N) is 1. The number of amides is 1. The first-order chi connectivity index (χ1) is 17.4. The molecule has 3 fully saturated rings. The van der Waals surface area contributed by atoms with Crippen molar-refractivity contribution in [3.8, 4) is 11.1 Å². The number of nitrogens with one attached hydrogen (secondary N) is 1. The number of benzene rings is 1. The molecule has 0 radical (unpaired) electrons. The normalized spacial score (nSPS) is 31.4. The molecule has 1 N–H and O–H groups in total. The summed E-state index contributed by atoms with van der Waals surface area (Å²) in [4.78, 5) is 29.2. The number of carbonyl (C=O) groups is 2. The molecule has 1 saturated heterocycles. The number of allylic oxidation sites excluding steroid dienone is 1. The Kier molecular flexibility index (Phi) is 7.08. The quantitative estimate of drug-likeness (QED) is 0.548. The lowest BCUT2D eigenvalue weighted by Crippen LogP contribution is -2.48. The van der Waals surface area contributed by atoms with Crippen LogP contribution in [-0.2, 0) is 14.3 Å². The van der Waals surface area contributed by atoms with E-state index in [4.69, 9.17) is 9.47 Å². The van der Waals surface area contributed by atoms with Crippen molar-refractivity contribution in [3.05, 3.63) is 60.2 Å². The summed E-state index contributed by atoms with van der Waals surface area (Å²) < 4.78 is 24.3. The van der Waals surface area contributed by atoms with Crippen molar-refractivity contribution in [1.82, 2.24) is 10.3 Å². The molecule has 1 amide bonds. The van der Waals surface area contributed by atoms with Gasteiger partial charge in [0, 0.05) is 23.7 Å². The zero-order valence-corrected chi connectivity index (χ0v) is 20.7. The molecule has 6 nitrogen and oxygen atoms in total. The highest BCUT2D eigenvalue weighted by Gasteiger charge is 2.54. The van der Waals surface area contributed by atoms with E-state index in [-0.39, 0.29) is 47.8 Å². The van der Waals surface area contributed by atoms with Crippen LogP contribution in [0.1, 0.15) is 45.2 Å². The highest BCUT2D eigenvalue weighted by Crippen LogP contribution is 2.53. The summed E-state index contributed by atoms with van der Waals surface area (Å²) in [5.41, 5.74) is 2.48. The van der Waals surface area contributed by atoms with Gasteiger partial charge in [-0.15, -0.1) is 0 Å². The van der Waals surface area contributed by atoms with Crippen LogP contribution in [0, 0.1) is 35.4 Å². The molecule has 2 aromatic rings. The lowest BCUT2D eigenvalue weighted by Gasteiger charge is -2.47. The number of pyridine rings is 1. The molecule has 36 heavy (non-hydrogen) atoms. The molecule has 7 atom stereocenters. The predicted octanol–water partition coefficient (Wildman–Crippen LogP) is 5.63. The largest absolute Gasteiger partial charge is 0.462 e. The van der Waals surface area contributed by atoms with E-state index in [1.165, 1.54) is 12.1 Å². The minimum absolute atomic E-state index is 0.0679. The number of aromatic nitrogens is 1. The lowest BCUT2D eigenvalue weighted by molar-refractivity contribution is -0.144. The van der Waals surface area contributed by atoms with Gasteiger partial charge in [0.1, 0.15) is 11.9 Å². The third-order valence-corrected chi connectivity index (χ3v) is 8.18. The van der Waals surface area contributed by atoms with E-state index in [1.54, 1.807) is 19.2 Å². The number of carbonyl (C=O) groups excluding carboxylic acids is 2. The molecule has 0 bridgehead atoms. The Labute approximate surface area is 211 Å². The predicted molar refractivity (Wildman–Crippen MR) is 134 cm³/mol. The van der Waals surface area contributed by atoms with Gasteiger partial charge in [0.15, 0.2) is 0 Å². The number of halogens is 1. The Balaban J connectivity index is 1.34. The summed E-state index contributed by atoms with van der Waals surface area (Å²) in [5, 5.41) is 3.00.